The van der Waals surface area contributed by atoms with Crippen LogP contribution in [-0.2, 0) is 4.74 Å². The van der Waals surface area contributed by atoms with Gasteiger partial charge in [-0.05, 0) is 36.4 Å². The van der Waals surface area contributed by atoms with Crippen LogP contribution in [0.25, 0.3) is 0 Å². The quantitative estimate of drug-likeness (QED) is 0.289. The Labute approximate surface area is 184 Å². The Morgan fingerprint density at radius 3 is 2.12 bits per heavy atom. The standard InChI is InChI=1S/C19H14N6O8/c1-32-19(27)12-4-8-14(9-5-12)33-18-15(25(30)31)16(20-10-21-18)22-23-17(26)11-2-6-13(7-3-11)24(28)29/h2-10H,1H3,(H,23,26)(H,20,21,22). The molecule has 2 N–H and O–H groups in total. The molecule has 0 aliphatic rings. The van der Waals surface area contributed by atoms with Crippen LogP contribution in [0.5, 0.6) is 11.6 Å². The van der Waals surface area contributed by atoms with Gasteiger partial charge in [-0.15, -0.1) is 0 Å². The maximum atomic E-state index is 12.2. The van der Waals surface area contributed by atoms with E-state index in [1.165, 1.54) is 43.5 Å². The Morgan fingerprint density at radius 1 is 0.909 bits per heavy atom. The van der Waals surface area contributed by atoms with Crippen molar-refractivity contribution in [2.24, 2.45) is 0 Å². The summed E-state index contributed by atoms with van der Waals surface area (Å²) in [7, 11) is 1.23. The third-order valence-corrected chi connectivity index (χ3v) is 4.10. The molecule has 0 spiro atoms. The van der Waals surface area contributed by atoms with Gasteiger partial charge in [0.1, 0.15) is 12.1 Å². The van der Waals surface area contributed by atoms with Crippen molar-refractivity contribution in [3.8, 4) is 11.6 Å². The Bertz CT molecular complexity index is 1210. The van der Waals surface area contributed by atoms with Crippen molar-refractivity contribution in [3.05, 3.63) is 86.2 Å². The molecule has 0 unspecified atom stereocenters. The maximum absolute atomic E-state index is 12.2. The summed E-state index contributed by atoms with van der Waals surface area (Å²) in [6.45, 7) is 0. The number of hydrazine groups is 1. The van der Waals surface area contributed by atoms with Crippen LogP contribution >= 0.6 is 0 Å². The second-order valence-corrected chi connectivity index (χ2v) is 6.13. The SMILES string of the molecule is COC(=O)c1ccc(Oc2ncnc(NNC(=O)c3ccc([N+](=O)[O-])cc3)c2[N+](=O)[O-])cc1. The average molecular weight is 454 g/mol. The van der Waals surface area contributed by atoms with Crippen molar-refractivity contribution < 1.29 is 28.9 Å². The molecule has 33 heavy (non-hydrogen) atoms. The lowest BCUT2D eigenvalue weighted by molar-refractivity contribution is -0.385. The van der Waals surface area contributed by atoms with Crippen LogP contribution in [0.2, 0.25) is 0 Å². The third-order valence-electron chi connectivity index (χ3n) is 4.10. The fourth-order valence-electron chi connectivity index (χ4n) is 2.50. The van der Waals surface area contributed by atoms with Gasteiger partial charge in [0.15, 0.2) is 0 Å². The lowest BCUT2D eigenvalue weighted by Crippen LogP contribution is -2.30. The van der Waals surface area contributed by atoms with Gasteiger partial charge in [-0.1, -0.05) is 0 Å². The van der Waals surface area contributed by atoms with E-state index < -0.39 is 33.3 Å². The van der Waals surface area contributed by atoms with Gasteiger partial charge in [-0.2, -0.15) is 4.98 Å². The Balaban J connectivity index is 1.77. The fourth-order valence-corrected chi connectivity index (χ4v) is 2.50. The number of amides is 1. The molecule has 14 nitrogen and oxygen atoms in total. The van der Waals surface area contributed by atoms with Crippen molar-refractivity contribution in [1.82, 2.24) is 15.4 Å². The van der Waals surface area contributed by atoms with Crippen LogP contribution in [0.4, 0.5) is 17.2 Å². The normalized spacial score (nSPS) is 10.1. The van der Waals surface area contributed by atoms with E-state index in [4.69, 9.17) is 4.74 Å². The first-order valence-electron chi connectivity index (χ1n) is 8.96. The summed E-state index contributed by atoms with van der Waals surface area (Å²) >= 11 is 0. The van der Waals surface area contributed by atoms with E-state index >= 15 is 0 Å². The van der Waals surface area contributed by atoms with E-state index in [-0.39, 0.29) is 28.4 Å². The predicted octanol–water partition coefficient (Wildman–Crippen LogP) is 2.63. The van der Waals surface area contributed by atoms with Crippen molar-refractivity contribution in [2.75, 3.05) is 12.5 Å². The highest BCUT2D eigenvalue weighted by atomic mass is 16.6. The van der Waals surface area contributed by atoms with Gasteiger partial charge in [0.25, 0.3) is 11.6 Å². The molecule has 168 valence electrons. The van der Waals surface area contributed by atoms with Crippen LogP contribution < -0.4 is 15.6 Å². The summed E-state index contributed by atoms with van der Waals surface area (Å²) in [4.78, 5) is 52.1. The number of hydrogen-bond donors (Lipinski definition) is 2. The molecule has 0 radical (unpaired) electrons. The topological polar surface area (TPSA) is 189 Å². The highest BCUT2D eigenvalue weighted by Gasteiger charge is 2.26. The number of rotatable bonds is 8. The van der Waals surface area contributed by atoms with E-state index in [2.05, 4.69) is 25.6 Å². The van der Waals surface area contributed by atoms with E-state index in [9.17, 15) is 29.8 Å². The number of nitro groups is 2. The molecule has 0 atom stereocenters. The van der Waals surface area contributed by atoms with Gasteiger partial charge in [0.2, 0.25) is 5.82 Å². The molecule has 0 saturated carbocycles. The number of aromatic nitrogens is 2. The maximum Gasteiger partial charge on any atom is 0.374 e. The minimum atomic E-state index is -0.807. The highest BCUT2D eigenvalue weighted by molar-refractivity contribution is 5.95. The zero-order valence-corrected chi connectivity index (χ0v) is 16.8. The van der Waals surface area contributed by atoms with Crippen LogP contribution in [0, 0.1) is 20.2 Å². The number of benzene rings is 2. The van der Waals surface area contributed by atoms with Gasteiger partial charge >= 0.3 is 17.5 Å². The van der Waals surface area contributed by atoms with Crippen molar-refractivity contribution in [3.63, 3.8) is 0 Å². The number of hydrogen-bond acceptors (Lipinski definition) is 11. The number of nitrogens with zero attached hydrogens (tertiary/aromatic N) is 4. The first kappa shape index (κ1) is 22.5. The summed E-state index contributed by atoms with van der Waals surface area (Å²) in [6.07, 6.45) is 0.978. The first-order chi connectivity index (χ1) is 15.8. The molecular formula is C19H14N6O8. The second-order valence-electron chi connectivity index (χ2n) is 6.13. The van der Waals surface area contributed by atoms with Crippen LogP contribution in [0.15, 0.2) is 54.9 Å². The third kappa shape index (κ3) is 5.32. The number of anilines is 1. The lowest BCUT2D eigenvalue weighted by atomic mass is 10.2. The number of non-ortho nitro benzene ring substituents is 1. The summed E-state index contributed by atoms with van der Waals surface area (Å²) in [5.74, 6) is -1.94. The first-order valence-corrected chi connectivity index (χ1v) is 8.96. The van der Waals surface area contributed by atoms with E-state index in [1.807, 2.05) is 0 Å². The zero-order chi connectivity index (χ0) is 24.0. The molecule has 3 rings (SSSR count). The van der Waals surface area contributed by atoms with Crippen LogP contribution in [0.1, 0.15) is 20.7 Å². The van der Waals surface area contributed by atoms with Gasteiger partial charge in [-0.25, -0.2) is 9.78 Å². The monoisotopic (exact) mass is 454 g/mol. The number of carbonyl (C=O) groups is 2. The molecule has 3 aromatic rings. The fraction of sp³-hybridized carbons (Fsp3) is 0.0526. The smallest absolute Gasteiger partial charge is 0.374 e. The number of ether oxygens (including phenoxy) is 2. The molecule has 1 amide bonds. The van der Waals surface area contributed by atoms with Crippen molar-refractivity contribution >= 4 is 29.1 Å². The van der Waals surface area contributed by atoms with Crippen molar-refractivity contribution in [1.29, 1.82) is 0 Å². The summed E-state index contributed by atoms with van der Waals surface area (Å²) in [6, 6.07) is 10.3. The van der Waals surface area contributed by atoms with E-state index in [1.54, 1.807) is 0 Å². The molecular weight excluding hydrogens is 440 g/mol. The molecule has 0 bridgehead atoms. The molecule has 0 fully saturated rings. The summed E-state index contributed by atoms with van der Waals surface area (Å²) in [5.41, 5.74) is 3.98. The Hall–Kier alpha value is -5.14. The number of esters is 1. The van der Waals surface area contributed by atoms with Crippen LogP contribution in [0.3, 0.4) is 0 Å². The summed E-state index contributed by atoms with van der Waals surface area (Å²) in [5, 5.41) is 22.3. The predicted molar refractivity (Wildman–Crippen MR) is 111 cm³/mol. The van der Waals surface area contributed by atoms with Gasteiger partial charge < -0.3 is 9.47 Å². The molecule has 0 aliphatic carbocycles. The average Bonchev–Trinajstić information content (AvgIpc) is 2.82. The minimum Gasteiger partial charge on any atom is -0.465 e. The van der Waals surface area contributed by atoms with E-state index in [0.717, 1.165) is 18.5 Å². The molecule has 0 saturated heterocycles. The molecule has 14 heteroatoms. The van der Waals surface area contributed by atoms with Crippen LogP contribution in [-0.4, -0.2) is 38.8 Å². The highest BCUT2D eigenvalue weighted by Crippen LogP contribution is 2.33. The van der Waals surface area contributed by atoms with Crippen molar-refractivity contribution in [2.45, 2.75) is 0 Å². The van der Waals surface area contributed by atoms with E-state index in [0.29, 0.717) is 0 Å². The van der Waals surface area contributed by atoms with Gasteiger partial charge in [0, 0.05) is 17.7 Å². The largest absolute Gasteiger partial charge is 0.465 e. The molecule has 0 aliphatic heterocycles. The number of nitrogens with one attached hydrogen (secondary N) is 2. The molecule has 2 aromatic carbocycles. The van der Waals surface area contributed by atoms with Gasteiger partial charge in [-0.3, -0.25) is 35.9 Å². The number of carbonyl (C=O) groups excluding carboxylic acids is 2. The molecule has 1 heterocycles. The zero-order valence-electron chi connectivity index (χ0n) is 16.8. The number of methoxy groups -OCH3 is 1. The summed E-state index contributed by atoms with van der Waals surface area (Å²) < 4.78 is 10.0. The molecule has 1 aromatic heterocycles. The minimum absolute atomic E-state index is 0.0620. The Morgan fingerprint density at radius 2 is 1.55 bits per heavy atom. The van der Waals surface area contributed by atoms with Gasteiger partial charge in [0.05, 0.1) is 22.5 Å². The Kier molecular flexibility index (Phi) is 6.68. The number of nitro benzene ring substituents is 1. The second kappa shape index (κ2) is 9.78. The lowest BCUT2D eigenvalue weighted by Gasteiger charge is -2.10.